The standard InChI is InChI=1S/C14H19NO2/c1-10-3-4-11-12(9-10)14(17-13(11)16)5-7-15(2)8-6-14/h3-4,9,13,16H,5-8H2,1-2H3. The van der Waals surface area contributed by atoms with E-state index in [0.29, 0.717) is 0 Å². The van der Waals surface area contributed by atoms with Crippen LogP contribution in [-0.4, -0.2) is 30.1 Å². The Bertz CT molecular complexity index is 436. The zero-order valence-electron chi connectivity index (χ0n) is 10.4. The summed E-state index contributed by atoms with van der Waals surface area (Å²) in [5.74, 6) is 0. The molecule has 1 aromatic rings. The van der Waals surface area contributed by atoms with E-state index < -0.39 is 6.29 Å². The number of aryl methyl sites for hydroxylation is 1. The summed E-state index contributed by atoms with van der Waals surface area (Å²) < 4.78 is 5.89. The van der Waals surface area contributed by atoms with Crippen molar-refractivity contribution in [2.75, 3.05) is 20.1 Å². The number of hydrogen-bond acceptors (Lipinski definition) is 3. The predicted molar refractivity (Wildman–Crippen MR) is 65.6 cm³/mol. The van der Waals surface area contributed by atoms with Gasteiger partial charge in [0, 0.05) is 18.7 Å². The van der Waals surface area contributed by atoms with Crippen LogP contribution in [0, 0.1) is 6.92 Å². The summed E-state index contributed by atoms with van der Waals surface area (Å²) >= 11 is 0. The molecule has 1 N–H and O–H groups in total. The van der Waals surface area contributed by atoms with E-state index in [-0.39, 0.29) is 5.60 Å². The Morgan fingerprint density at radius 3 is 2.76 bits per heavy atom. The van der Waals surface area contributed by atoms with Gasteiger partial charge in [-0.05, 0) is 32.4 Å². The third-order valence-electron chi connectivity index (χ3n) is 4.10. The van der Waals surface area contributed by atoms with Gasteiger partial charge in [0.2, 0.25) is 0 Å². The van der Waals surface area contributed by atoms with Crippen LogP contribution in [0.4, 0.5) is 0 Å². The molecule has 2 aliphatic heterocycles. The van der Waals surface area contributed by atoms with E-state index in [1.165, 1.54) is 11.1 Å². The Morgan fingerprint density at radius 2 is 2.06 bits per heavy atom. The molecule has 0 aliphatic carbocycles. The number of hydrogen-bond donors (Lipinski definition) is 1. The molecule has 92 valence electrons. The lowest BCUT2D eigenvalue weighted by Gasteiger charge is -2.37. The summed E-state index contributed by atoms with van der Waals surface area (Å²) in [6.45, 7) is 4.15. The monoisotopic (exact) mass is 233 g/mol. The topological polar surface area (TPSA) is 32.7 Å². The molecule has 0 radical (unpaired) electrons. The minimum atomic E-state index is -0.742. The van der Waals surface area contributed by atoms with Crippen LogP contribution in [0.2, 0.25) is 0 Å². The molecule has 2 heterocycles. The first kappa shape index (κ1) is 11.2. The number of benzene rings is 1. The maximum absolute atomic E-state index is 10.0. The van der Waals surface area contributed by atoms with Gasteiger partial charge < -0.3 is 14.7 Å². The van der Waals surface area contributed by atoms with Gasteiger partial charge in [0.1, 0.15) is 0 Å². The molecule has 1 atom stereocenters. The zero-order chi connectivity index (χ0) is 12.0. The summed E-state index contributed by atoms with van der Waals surface area (Å²) in [6, 6.07) is 6.22. The fourth-order valence-electron chi connectivity index (χ4n) is 2.99. The summed E-state index contributed by atoms with van der Waals surface area (Å²) in [6.07, 6.45) is 1.20. The van der Waals surface area contributed by atoms with Crippen LogP contribution in [0.15, 0.2) is 18.2 Å². The lowest BCUT2D eigenvalue weighted by molar-refractivity contribution is -0.187. The summed E-state index contributed by atoms with van der Waals surface area (Å²) in [4.78, 5) is 2.31. The van der Waals surface area contributed by atoms with Crippen molar-refractivity contribution in [3.63, 3.8) is 0 Å². The van der Waals surface area contributed by atoms with Gasteiger partial charge in [-0.2, -0.15) is 0 Å². The Morgan fingerprint density at radius 1 is 1.35 bits per heavy atom. The van der Waals surface area contributed by atoms with Gasteiger partial charge in [0.25, 0.3) is 0 Å². The molecule has 0 aromatic heterocycles. The molecule has 1 aromatic carbocycles. The van der Waals surface area contributed by atoms with E-state index in [4.69, 9.17) is 4.74 Å². The number of aliphatic hydroxyl groups is 1. The molecule has 0 saturated carbocycles. The van der Waals surface area contributed by atoms with Crippen LogP contribution in [0.1, 0.15) is 35.8 Å². The highest BCUT2D eigenvalue weighted by molar-refractivity contribution is 5.40. The van der Waals surface area contributed by atoms with Crippen LogP contribution in [0.25, 0.3) is 0 Å². The average Bonchev–Trinajstić information content (AvgIpc) is 2.57. The summed E-state index contributed by atoms with van der Waals surface area (Å²) in [5, 5.41) is 10.0. The van der Waals surface area contributed by atoms with Gasteiger partial charge in [-0.1, -0.05) is 23.8 Å². The minimum absolute atomic E-state index is 0.243. The van der Waals surface area contributed by atoms with Crippen molar-refractivity contribution >= 4 is 0 Å². The van der Waals surface area contributed by atoms with E-state index in [1.807, 2.05) is 12.1 Å². The number of piperidine rings is 1. The molecule has 0 bridgehead atoms. The predicted octanol–water partition coefficient (Wildman–Crippen LogP) is 1.94. The van der Waals surface area contributed by atoms with Crippen molar-refractivity contribution in [2.45, 2.75) is 31.7 Å². The highest BCUT2D eigenvalue weighted by Gasteiger charge is 2.45. The highest BCUT2D eigenvalue weighted by atomic mass is 16.6. The van der Waals surface area contributed by atoms with Gasteiger partial charge in [-0.15, -0.1) is 0 Å². The molecule has 3 nitrogen and oxygen atoms in total. The fraction of sp³-hybridized carbons (Fsp3) is 0.571. The molecule has 1 fully saturated rings. The number of likely N-dealkylation sites (tertiary alicyclic amines) is 1. The molecule has 3 heteroatoms. The number of fused-ring (bicyclic) bond motifs is 2. The average molecular weight is 233 g/mol. The van der Waals surface area contributed by atoms with Crippen LogP contribution >= 0.6 is 0 Å². The lowest BCUT2D eigenvalue weighted by Crippen LogP contribution is -2.40. The second-order valence-electron chi connectivity index (χ2n) is 5.36. The van der Waals surface area contributed by atoms with Crippen molar-refractivity contribution in [1.82, 2.24) is 4.90 Å². The number of nitrogens with zero attached hydrogens (tertiary/aromatic N) is 1. The van der Waals surface area contributed by atoms with Crippen molar-refractivity contribution in [1.29, 1.82) is 0 Å². The molecular formula is C14H19NO2. The molecule has 3 rings (SSSR count). The van der Waals surface area contributed by atoms with E-state index in [2.05, 4.69) is 24.9 Å². The largest absolute Gasteiger partial charge is 0.364 e. The van der Waals surface area contributed by atoms with E-state index in [1.54, 1.807) is 0 Å². The Kier molecular flexibility index (Phi) is 2.51. The lowest BCUT2D eigenvalue weighted by atomic mass is 9.83. The quantitative estimate of drug-likeness (QED) is 0.743. The SMILES string of the molecule is Cc1ccc2c(c1)C1(CCN(C)CC1)OC2O. The molecule has 17 heavy (non-hydrogen) atoms. The smallest absolute Gasteiger partial charge is 0.182 e. The van der Waals surface area contributed by atoms with Gasteiger partial charge >= 0.3 is 0 Å². The summed E-state index contributed by atoms with van der Waals surface area (Å²) in [5.41, 5.74) is 3.16. The normalized spacial score (nSPS) is 27.4. The third-order valence-corrected chi connectivity index (χ3v) is 4.10. The molecule has 2 aliphatic rings. The first-order chi connectivity index (χ1) is 8.11. The van der Waals surface area contributed by atoms with Crippen molar-refractivity contribution < 1.29 is 9.84 Å². The van der Waals surface area contributed by atoms with Crippen molar-refractivity contribution in [2.24, 2.45) is 0 Å². The maximum Gasteiger partial charge on any atom is 0.182 e. The first-order valence-corrected chi connectivity index (χ1v) is 6.26. The number of aliphatic hydroxyl groups excluding tert-OH is 1. The maximum atomic E-state index is 10.0. The number of rotatable bonds is 0. The third kappa shape index (κ3) is 1.69. The Hall–Kier alpha value is -0.900. The second kappa shape index (κ2) is 3.80. The van der Waals surface area contributed by atoms with E-state index in [0.717, 1.165) is 31.5 Å². The van der Waals surface area contributed by atoms with Crippen LogP contribution < -0.4 is 0 Å². The fourth-order valence-corrected chi connectivity index (χ4v) is 2.99. The highest BCUT2D eigenvalue weighted by Crippen LogP contribution is 2.48. The minimum Gasteiger partial charge on any atom is -0.364 e. The van der Waals surface area contributed by atoms with Crippen molar-refractivity contribution in [3.8, 4) is 0 Å². The Balaban J connectivity index is 2.02. The van der Waals surface area contributed by atoms with Gasteiger partial charge in [-0.3, -0.25) is 0 Å². The van der Waals surface area contributed by atoms with Gasteiger partial charge in [0.05, 0.1) is 5.60 Å². The van der Waals surface area contributed by atoms with Crippen LogP contribution in [0.5, 0.6) is 0 Å². The van der Waals surface area contributed by atoms with Gasteiger partial charge in [0.15, 0.2) is 6.29 Å². The molecule has 1 spiro atoms. The first-order valence-electron chi connectivity index (χ1n) is 6.26. The second-order valence-corrected chi connectivity index (χ2v) is 5.36. The van der Waals surface area contributed by atoms with Crippen LogP contribution in [0.3, 0.4) is 0 Å². The van der Waals surface area contributed by atoms with Gasteiger partial charge in [-0.25, -0.2) is 0 Å². The van der Waals surface area contributed by atoms with E-state index in [9.17, 15) is 5.11 Å². The molecular weight excluding hydrogens is 214 g/mol. The molecule has 1 saturated heterocycles. The molecule has 0 amide bonds. The van der Waals surface area contributed by atoms with Crippen molar-refractivity contribution in [3.05, 3.63) is 34.9 Å². The number of ether oxygens (including phenoxy) is 1. The Labute approximate surface area is 102 Å². The molecule has 1 unspecified atom stereocenters. The van der Waals surface area contributed by atoms with E-state index >= 15 is 0 Å². The summed E-state index contributed by atoms with van der Waals surface area (Å²) in [7, 11) is 2.13. The zero-order valence-corrected chi connectivity index (χ0v) is 10.4. The van der Waals surface area contributed by atoms with Crippen LogP contribution in [-0.2, 0) is 10.3 Å².